The third kappa shape index (κ3) is 3.14. The van der Waals surface area contributed by atoms with Gasteiger partial charge in [0.05, 0.1) is 4.47 Å². The predicted molar refractivity (Wildman–Crippen MR) is 86.6 cm³/mol. The summed E-state index contributed by atoms with van der Waals surface area (Å²) in [6.07, 6.45) is 3.19. The Morgan fingerprint density at radius 2 is 1.86 bits per heavy atom. The number of phenolic OH excluding ortho intramolecular Hbond substituents is 1. The van der Waals surface area contributed by atoms with E-state index in [1.807, 2.05) is 0 Å². The molecule has 22 heavy (non-hydrogen) atoms. The van der Waals surface area contributed by atoms with Crippen LogP contribution in [0.15, 0.2) is 46.9 Å². The number of carbonyl (C=O) groups is 1. The summed E-state index contributed by atoms with van der Waals surface area (Å²) in [4.78, 5) is 12.2. The van der Waals surface area contributed by atoms with Crippen LogP contribution in [0.2, 0.25) is 0 Å². The second-order valence-corrected chi connectivity index (χ2v) is 5.62. The lowest BCUT2D eigenvalue weighted by atomic mass is 10.1. The summed E-state index contributed by atoms with van der Waals surface area (Å²) in [5.74, 6) is 1.30. The lowest BCUT2D eigenvalue weighted by Crippen LogP contribution is -2.15. The SMILES string of the molecule is O=C(/C=C/c1ccc(O)c(Br)c1)c1ccc2c(c1)OCCO2. The molecule has 3 rings (SSSR count). The minimum absolute atomic E-state index is 0.124. The van der Waals surface area contributed by atoms with E-state index in [4.69, 9.17) is 9.47 Å². The fraction of sp³-hybridized carbons (Fsp3) is 0.118. The second-order valence-electron chi connectivity index (χ2n) is 4.77. The zero-order valence-electron chi connectivity index (χ0n) is 11.6. The van der Waals surface area contributed by atoms with Crippen molar-refractivity contribution in [3.63, 3.8) is 0 Å². The van der Waals surface area contributed by atoms with E-state index in [0.29, 0.717) is 34.7 Å². The number of rotatable bonds is 3. The Hall–Kier alpha value is -2.27. The van der Waals surface area contributed by atoms with E-state index in [0.717, 1.165) is 5.56 Å². The Morgan fingerprint density at radius 3 is 2.64 bits per heavy atom. The number of ketones is 1. The number of carbonyl (C=O) groups excluding carboxylic acids is 1. The maximum absolute atomic E-state index is 12.2. The van der Waals surface area contributed by atoms with Crippen LogP contribution in [0, 0.1) is 0 Å². The largest absolute Gasteiger partial charge is 0.507 e. The Kier molecular flexibility index (Phi) is 4.15. The summed E-state index contributed by atoms with van der Waals surface area (Å²) in [6, 6.07) is 10.2. The molecule has 0 aromatic heterocycles. The minimum atomic E-state index is -0.124. The van der Waals surface area contributed by atoms with Gasteiger partial charge in [0, 0.05) is 5.56 Å². The Morgan fingerprint density at radius 1 is 1.09 bits per heavy atom. The van der Waals surface area contributed by atoms with Crippen molar-refractivity contribution in [3.05, 3.63) is 58.1 Å². The van der Waals surface area contributed by atoms with E-state index in [1.165, 1.54) is 6.08 Å². The van der Waals surface area contributed by atoms with E-state index >= 15 is 0 Å². The number of ether oxygens (including phenoxy) is 2. The summed E-state index contributed by atoms with van der Waals surface area (Å²) >= 11 is 3.24. The van der Waals surface area contributed by atoms with Crippen molar-refractivity contribution in [2.24, 2.45) is 0 Å². The average molecular weight is 361 g/mol. The van der Waals surface area contributed by atoms with Crippen LogP contribution in [0.3, 0.4) is 0 Å². The van der Waals surface area contributed by atoms with Crippen molar-refractivity contribution in [3.8, 4) is 17.2 Å². The van der Waals surface area contributed by atoms with Crippen LogP contribution < -0.4 is 9.47 Å². The van der Waals surface area contributed by atoms with Crippen LogP contribution in [-0.2, 0) is 0 Å². The van der Waals surface area contributed by atoms with Gasteiger partial charge in [0.1, 0.15) is 19.0 Å². The fourth-order valence-corrected chi connectivity index (χ4v) is 2.49. The molecule has 0 saturated carbocycles. The highest BCUT2D eigenvalue weighted by Gasteiger charge is 2.13. The van der Waals surface area contributed by atoms with Gasteiger partial charge in [-0.15, -0.1) is 0 Å². The van der Waals surface area contributed by atoms with Gasteiger partial charge >= 0.3 is 0 Å². The maximum Gasteiger partial charge on any atom is 0.185 e. The molecule has 0 aliphatic carbocycles. The summed E-state index contributed by atoms with van der Waals surface area (Å²) < 4.78 is 11.5. The third-order valence-corrected chi connectivity index (χ3v) is 3.86. The van der Waals surface area contributed by atoms with Crippen LogP contribution in [-0.4, -0.2) is 24.1 Å². The first-order chi connectivity index (χ1) is 10.6. The van der Waals surface area contributed by atoms with Gasteiger partial charge in [0.25, 0.3) is 0 Å². The van der Waals surface area contributed by atoms with Crippen LogP contribution in [0.25, 0.3) is 6.08 Å². The normalized spacial score (nSPS) is 13.3. The van der Waals surface area contributed by atoms with Gasteiger partial charge in [0.2, 0.25) is 0 Å². The number of hydrogen-bond acceptors (Lipinski definition) is 4. The molecule has 112 valence electrons. The predicted octanol–water partition coefficient (Wildman–Crippen LogP) is 3.82. The summed E-state index contributed by atoms with van der Waals surface area (Å²) in [7, 11) is 0. The number of allylic oxidation sites excluding steroid dienone is 1. The smallest absolute Gasteiger partial charge is 0.185 e. The molecule has 0 fully saturated rings. The van der Waals surface area contributed by atoms with Gasteiger partial charge in [-0.05, 0) is 57.9 Å². The molecule has 1 N–H and O–H groups in total. The average Bonchev–Trinajstić information content (AvgIpc) is 2.55. The number of benzene rings is 2. The lowest BCUT2D eigenvalue weighted by molar-refractivity contribution is 0.104. The number of aromatic hydroxyl groups is 1. The molecule has 0 atom stereocenters. The third-order valence-electron chi connectivity index (χ3n) is 3.23. The van der Waals surface area contributed by atoms with Crippen LogP contribution in [0.1, 0.15) is 15.9 Å². The molecule has 1 heterocycles. The van der Waals surface area contributed by atoms with Gasteiger partial charge in [-0.25, -0.2) is 0 Å². The van der Waals surface area contributed by atoms with Crippen LogP contribution in [0.5, 0.6) is 17.2 Å². The number of hydrogen-bond donors (Lipinski definition) is 1. The number of fused-ring (bicyclic) bond motifs is 1. The highest BCUT2D eigenvalue weighted by atomic mass is 79.9. The molecule has 0 bridgehead atoms. The van der Waals surface area contributed by atoms with Crippen molar-refractivity contribution < 1.29 is 19.4 Å². The monoisotopic (exact) mass is 360 g/mol. The number of halogens is 1. The van der Waals surface area contributed by atoms with E-state index in [2.05, 4.69) is 15.9 Å². The van der Waals surface area contributed by atoms with Crippen molar-refractivity contribution in [1.82, 2.24) is 0 Å². The minimum Gasteiger partial charge on any atom is -0.507 e. The Bertz CT molecular complexity index is 752. The maximum atomic E-state index is 12.2. The highest BCUT2D eigenvalue weighted by Crippen LogP contribution is 2.31. The zero-order chi connectivity index (χ0) is 15.5. The van der Waals surface area contributed by atoms with E-state index in [9.17, 15) is 9.90 Å². The van der Waals surface area contributed by atoms with Gasteiger partial charge in [-0.2, -0.15) is 0 Å². The van der Waals surface area contributed by atoms with Gasteiger partial charge in [-0.1, -0.05) is 12.1 Å². The Balaban J connectivity index is 1.79. The standard InChI is InChI=1S/C17H13BrO4/c18-13-9-11(2-5-15(13)20)1-4-14(19)12-3-6-16-17(10-12)22-8-7-21-16/h1-6,9-10,20H,7-8H2/b4-1+. The molecule has 5 heteroatoms. The molecule has 1 aliphatic heterocycles. The van der Waals surface area contributed by atoms with Crippen LogP contribution >= 0.6 is 15.9 Å². The van der Waals surface area contributed by atoms with Crippen LogP contribution in [0.4, 0.5) is 0 Å². The van der Waals surface area contributed by atoms with Gasteiger partial charge < -0.3 is 14.6 Å². The van der Waals surface area contributed by atoms with Gasteiger partial charge in [0.15, 0.2) is 17.3 Å². The molecule has 1 aliphatic rings. The lowest BCUT2D eigenvalue weighted by Gasteiger charge is -2.18. The fourth-order valence-electron chi connectivity index (χ4n) is 2.09. The molecule has 4 nitrogen and oxygen atoms in total. The Labute approximate surface area is 136 Å². The molecule has 0 spiro atoms. The van der Waals surface area contributed by atoms with Gasteiger partial charge in [-0.3, -0.25) is 4.79 Å². The van der Waals surface area contributed by atoms with E-state index in [1.54, 1.807) is 42.5 Å². The van der Waals surface area contributed by atoms with Crippen molar-refractivity contribution in [1.29, 1.82) is 0 Å². The molecule has 0 amide bonds. The first-order valence-corrected chi connectivity index (χ1v) is 7.53. The van der Waals surface area contributed by atoms with Crippen molar-refractivity contribution >= 4 is 27.8 Å². The molecule has 0 radical (unpaired) electrons. The second kappa shape index (κ2) is 6.23. The van der Waals surface area contributed by atoms with Crippen molar-refractivity contribution in [2.45, 2.75) is 0 Å². The first-order valence-electron chi connectivity index (χ1n) is 6.74. The molecule has 2 aromatic carbocycles. The molecule has 0 unspecified atom stereocenters. The highest BCUT2D eigenvalue weighted by molar-refractivity contribution is 9.10. The summed E-state index contributed by atoms with van der Waals surface area (Å²) in [5.41, 5.74) is 1.36. The quantitative estimate of drug-likeness (QED) is 0.667. The molecule has 2 aromatic rings. The molecular formula is C17H13BrO4. The van der Waals surface area contributed by atoms with Crippen molar-refractivity contribution in [2.75, 3.05) is 13.2 Å². The molecular weight excluding hydrogens is 348 g/mol. The summed E-state index contributed by atoms with van der Waals surface area (Å²) in [6.45, 7) is 1.01. The van der Waals surface area contributed by atoms with E-state index < -0.39 is 0 Å². The number of phenols is 1. The summed E-state index contributed by atoms with van der Waals surface area (Å²) in [5, 5.41) is 9.45. The zero-order valence-corrected chi connectivity index (χ0v) is 13.2. The first kappa shape index (κ1) is 14.7. The van der Waals surface area contributed by atoms with E-state index in [-0.39, 0.29) is 11.5 Å². The molecule has 0 saturated heterocycles. The topological polar surface area (TPSA) is 55.8 Å².